The van der Waals surface area contributed by atoms with Crippen LogP contribution in [0.1, 0.15) is 6.42 Å². The number of rotatable bonds is 5. The fourth-order valence-corrected chi connectivity index (χ4v) is 3.73. The number of benzene rings is 1. The highest BCUT2D eigenvalue weighted by molar-refractivity contribution is 7.16. The van der Waals surface area contributed by atoms with Crippen LogP contribution in [0.2, 0.25) is 12.6 Å². The highest BCUT2D eigenvalue weighted by Crippen LogP contribution is 2.23. The smallest absolute Gasteiger partial charge is 0.344 e. The lowest BCUT2D eigenvalue weighted by molar-refractivity contribution is 0.560. The van der Waals surface area contributed by atoms with Crippen molar-refractivity contribution in [2.24, 2.45) is 0 Å². The highest BCUT2D eigenvalue weighted by Gasteiger charge is 2.27. The summed E-state index contributed by atoms with van der Waals surface area (Å²) in [6.07, 6.45) is 0.917. The van der Waals surface area contributed by atoms with Gasteiger partial charge in [-0.3, -0.25) is 0 Å². The Bertz CT molecular complexity index is 264. The van der Waals surface area contributed by atoms with E-state index in [1.807, 2.05) is 36.9 Å². The third-order valence-electron chi connectivity index (χ3n) is 1.83. The van der Waals surface area contributed by atoms with Gasteiger partial charge in [0.05, 0.1) is 0 Å². The van der Waals surface area contributed by atoms with Crippen LogP contribution in [0.3, 0.4) is 0 Å². The maximum absolute atomic E-state index is 6.31. The molecule has 0 N–H and O–H groups in total. The minimum absolute atomic E-state index is 0.646. The molecule has 0 aliphatic carbocycles. The zero-order valence-electron chi connectivity index (χ0n) is 8.17. The lowest BCUT2D eigenvalue weighted by Gasteiger charge is -2.20. The fraction of sp³-hybridized carbons (Fsp3) is 0.400. The van der Waals surface area contributed by atoms with Crippen LogP contribution < -0.4 is 4.43 Å². The zero-order chi connectivity index (χ0) is 10.4. The van der Waals surface area contributed by atoms with Crippen LogP contribution in [-0.4, -0.2) is 13.5 Å². The van der Waals surface area contributed by atoms with Gasteiger partial charge in [-0.2, -0.15) is 0 Å². The third kappa shape index (κ3) is 4.36. The summed E-state index contributed by atoms with van der Waals surface area (Å²) in [7, 11) is -2.08. The van der Waals surface area contributed by atoms with Gasteiger partial charge >= 0.3 is 7.63 Å². The van der Waals surface area contributed by atoms with Crippen molar-refractivity contribution in [1.29, 1.82) is 0 Å². The molecule has 0 aliphatic heterocycles. The zero-order valence-corrected chi connectivity index (χ0v) is 10.7. The molecule has 0 spiro atoms. The van der Waals surface area contributed by atoms with E-state index in [0.29, 0.717) is 5.88 Å². The molecule has 0 heterocycles. The highest BCUT2D eigenvalue weighted by atomic mass is 35.6. The standard InChI is InChI=1S/C10H14Cl2OSi/c1-14(12,9-5-8-11)13-10-6-3-2-4-7-10/h2-4,6-7H,5,8-9H2,1H3. The van der Waals surface area contributed by atoms with Gasteiger partial charge in [-0.25, -0.2) is 0 Å². The van der Waals surface area contributed by atoms with Crippen LogP contribution in [0, 0.1) is 0 Å². The maximum atomic E-state index is 6.31. The van der Waals surface area contributed by atoms with E-state index in [0.717, 1.165) is 18.2 Å². The molecule has 14 heavy (non-hydrogen) atoms. The van der Waals surface area contributed by atoms with Gasteiger partial charge < -0.3 is 4.43 Å². The molecule has 1 aromatic rings. The summed E-state index contributed by atoms with van der Waals surface area (Å²) >= 11 is 11.9. The second-order valence-corrected chi connectivity index (χ2v) is 8.99. The molecule has 0 aliphatic rings. The van der Waals surface area contributed by atoms with Crippen LogP contribution in [0.15, 0.2) is 30.3 Å². The SMILES string of the molecule is C[Si](Cl)(CCCCl)Oc1ccccc1. The van der Waals surface area contributed by atoms with Crippen molar-refractivity contribution in [1.82, 2.24) is 0 Å². The molecule has 1 atom stereocenters. The van der Waals surface area contributed by atoms with Crippen LogP contribution in [-0.2, 0) is 0 Å². The Morgan fingerprint density at radius 1 is 1.29 bits per heavy atom. The number of hydrogen-bond acceptors (Lipinski definition) is 1. The Balaban J connectivity index is 2.50. The Morgan fingerprint density at radius 3 is 2.50 bits per heavy atom. The predicted molar refractivity (Wildman–Crippen MR) is 64.7 cm³/mol. The second-order valence-electron chi connectivity index (χ2n) is 3.31. The molecule has 78 valence electrons. The first-order valence-electron chi connectivity index (χ1n) is 4.63. The summed E-state index contributed by atoms with van der Waals surface area (Å²) in [6.45, 7) is 1.99. The van der Waals surface area contributed by atoms with Crippen molar-refractivity contribution in [3.05, 3.63) is 30.3 Å². The lowest BCUT2D eigenvalue weighted by Crippen LogP contribution is -2.31. The van der Waals surface area contributed by atoms with Crippen molar-refractivity contribution in [3.8, 4) is 5.75 Å². The molecule has 4 heteroatoms. The van der Waals surface area contributed by atoms with Crippen molar-refractivity contribution < 1.29 is 4.43 Å². The van der Waals surface area contributed by atoms with Crippen molar-refractivity contribution in [3.63, 3.8) is 0 Å². The molecule has 0 aromatic heterocycles. The van der Waals surface area contributed by atoms with E-state index in [9.17, 15) is 0 Å². The Kier molecular flexibility index (Phi) is 4.79. The van der Waals surface area contributed by atoms with Gasteiger partial charge in [0.15, 0.2) is 0 Å². The van der Waals surface area contributed by atoms with Crippen LogP contribution in [0.25, 0.3) is 0 Å². The van der Waals surface area contributed by atoms with Crippen molar-refractivity contribution in [2.45, 2.75) is 19.0 Å². The van der Waals surface area contributed by atoms with E-state index >= 15 is 0 Å². The molecule has 1 nitrogen and oxygen atoms in total. The van der Waals surface area contributed by atoms with E-state index in [1.54, 1.807) is 0 Å². The van der Waals surface area contributed by atoms with E-state index in [-0.39, 0.29) is 0 Å². The van der Waals surface area contributed by atoms with Gasteiger partial charge in [0.25, 0.3) is 0 Å². The summed E-state index contributed by atoms with van der Waals surface area (Å²) < 4.78 is 5.75. The number of para-hydroxylation sites is 1. The predicted octanol–water partition coefficient (Wildman–Crippen LogP) is 4.01. The first-order chi connectivity index (χ1) is 6.64. The summed E-state index contributed by atoms with van der Waals surface area (Å²) in [5.41, 5.74) is 0. The number of alkyl halides is 1. The average Bonchev–Trinajstić information content (AvgIpc) is 2.16. The topological polar surface area (TPSA) is 9.23 Å². The largest absolute Gasteiger partial charge is 0.529 e. The molecule has 0 saturated heterocycles. The van der Waals surface area contributed by atoms with Crippen LogP contribution >= 0.6 is 22.7 Å². The van der Waals surface area contributed by atoms with Crippen LogP contribution in [0.5, 0.6) is 5.75 Å². The summed E-state index contributed by atoms with van der Waals surface area (Å²) in [5, 5.41) is 0. The first-order valence-corrected chi connectivity index (χ1v) is 8.79. The van der Waals surface area contributed by atoms with Gasteiger partial charge in [0.1, 0.15) is 5.75 Å². The Hall–Kier alpha value is -0.183. The van der Waals surface area contributed by atoms with Crippen molar-refractivity contribution in [2.75, 3.05) is 5.88 Å². The molecule has 0 bridgehead atoms. The number of halogens is 2. The molecule has 0 amide bonds. The molecular formula is C10H14Cl2OSi. The molecule has 0 fully saturated rings. The van der Waals surface area contributed by atoms with E-state index in [1.165, 1.54) is 0 Å². The van der Waals surface area contributed by atoms with Gasteiger partial charge in [0.2, 0.25) is 0 Å². The van der Waals surface area contributed by atoms with Crippen LogP contribution in [0.4, 0.5) is 0 Å². The van der Waals surface area contributed by atoms with Gasteiger partial charge in [0, 0.05) is 5.88 Å². The third-order valence-corrected chi connectivity index (χ3v) is 4.80. The lowest BCUT2D eigenvalue weighted by atomic mass is 10.3. The summed E-state index contributed by atoms with van der Waals surface area (Å²) in [4.78, 5) is 0. The van der Waals surface area contributed by atoms with Crippen molar-refractivity contribution >= 4 is 30.3 Å². The molecule has 1 rings (SSSR count). The normalized spacial score (nSPS) is 14.8. The minimum atomic E-state index is -2.08. The Labute approximate surface area is 95.8 Å². The molecule has 1 unspecified atom stereocenters. The summed E-state index contributed by atoms with van der Waals surface area (Å²) in [5.74, 6) is 1.50. The fourth-order valence-electron chi connectivity index (χ4n) is 1.17. The van der Waals surface area contributed by atoms with E-state index in [4.69, 9.17) is 27.1 Å². The maximum Gasteiger partial charge on any atom is 0.344 e. The quantitative estimate of drug-likeness (QED) is 0.435. The molecule has 0 saturated carbocycles. The number of hydrogen-bond donors (Lipinski definition) is 0. The van der Waals surface area contributed by atoms with Gasteiger partial charge in [-0.05, 0) is 31.1 Å². The summed E-state index contributed by atoms with van der Waals surface area (Å²) in [6, 6.07) is 10.6. The average molecular weight is 249 g/mol. The second kappa shape index (κ2) is 5.64. The minimum Gasteiger partial charge on any atom is -0.529 e. The van der Waals surface area contributed by atoms with E-state index in [2.05, 4.69) is 0 Å². The van der Waals surface area contributed by atoms with E-state index < -0.39 is 7.63 Å². The molecular weight excluding hydrogens is 235 g/mol. The monoisotopic (exact) mass is 248 g/mol. The van der Waals surface area contributed by atoms with Gasteiger partial charge in [-0.1, -0.05) is 18.2 Å². The first kappa shape index (κ1) is 11.9. The molecule has 0 radical (unpaired) electrons. The Morgan fingerprint density at radius 2 is 1.93 bits per heavy atom. The van der Waals surface area contributed by atoms with Gasteiger partial charge in [-0.15, -0.1) is 22.7 Å². The molecule has 1 aromatic carbocycles.